The van der Waals surface area contributed by atoms with Crippen LogP contribution in [0.15, 0.2) is 84.9 Å². The minimum atomic E-state index is 0. The predicted molar refractivity (Wildman–Crippen MR) is 187 cm³/mol. The van der Waals surface area contributed by atoms with Crippen LogP contribution < -0.4 is 10.6 Å². The zero-order valence-electron chi connectivity index (χ0n) is 27.2. The van der Waals surface area contributed by atoms with Crippen molar-refractivity contribution >= 4 is 6.03 Å². The summed E-state index contributed by atoms with van der Waals surface area (Å²) < 4.78 is 0. The molecule has 4 aliphatic rings. The van der Waals surface area contributed by atoms with Crippen LogP contribution in [0.25, 0.3) is 0 Å². The van der Waals surface area contributed by atoms with E-state index in [1.165, 1.54) is 75.0 Å². The summed E-state index contributed by atoms with van der Waals surface area (Å²) in [5, 5.41) is 6.55. The van der Waals surface area contributed by atoms with Gasteiger partial charge in [0.2, 0.25) is 0 Å². The number of urea groups is 1. The number of hydrogen-bond donors (Lipinski definition) is 2. The molecule has 6 nitrogen and oxygen atoms in total. The van der Waals surface area contributed by atoms with Crippen LogP contribution in [-0.2, 0) is 6.54 Å². The van der Waals surface area contributed by atoms with Crippen LogP contribution in [0.3, 0.4) is 0 Å². The number of nitrogens with zero attached hydrogens (tertiary/aromatic N) is 3. The van der Waals surface area contributed by atoms with Gasteiger partial charge in [0.15, 0.2) is 0 Å². The van der Waals surface area contributed by atoms with Crippen molar-refractivity contribution in [2.45, 2.75) is 75.9 Å². The number of amides is 2. The van der Waals surface area contributed by atoms with Gasteiger partial charge in [0.25, 0.3) is 0 Å². The molecule has 0 aliphatic carbocycles. The quantitative estimate of drug-likeness (QED) is 0.329. The molecule has 7 rings (SSSR count). The summed E-state index contributed by atoms with van der Waals surface area (Å²) in [6, 6.07) is 31.7. The number of hydrogen-bond acceptors (Lipinski definition) is 4. The van der Waals surface area contributed by atoms with Gasteiger partial charge in [-0.3, -0.25) is 9.80 Å². The Bertz CT molecular complexity index is 1300. The van der Waals surface area contributed by atoms with Crippen molar-refractivity contribution in [3.8, 4) is 0 Å². The van der Waals surface area contributed by atoms with Crippen molar-refractivity contribution in [2.24, 2.45) is 0 Å². The lowest BCUT2D eigenvalue weighted by molar-refractivity contribution is 0.151. The third kappa shape index (κ3) is 8.75. The monoisotopic (exact) mass is 610 g/mol. The summed E-state index contributed by atoms with van der Waals surface area (Å²) in [5.74, 6) is 1.48. The highest BCUT2D eigenvalue weighted by molar-refractivity contribution is 5.74. The first-order chi connectivity index (χ1) is 22.1. The van der Waals surface area contributed by atoms with Crippen molar-refractivity contribution in [3.63, 3.8) is 0 Å². The fourth-order valence-corrected chi connectivity index (χ4v) is 7.82. The van der Waals surface area contributed by atoms with Crippen LogP contribution in [0.4, 0.5) is 4.79 Å². The number of carbonyl (C=O) groups is 1. The SMILES string of the molecule is Cc1ccc(CNC(=O)N2CCC(N3CCC(c4ccccc4)CC3)C2)cc1.[2HH].c1ccc(C2CCN(C3CCNC3)CC2)cc1. The van der Waals surface area contributed by atoms with Gasteiger partial charge < -0.3 is 15.5 Å². The van der Waals surface area contributed by atoms with Crippen LogP contribution in [0.5, 0.6) is 0 Å². The molecule has 0 aromatic heterocycles. The Kier molecular flexibility index (Phi) is 11.2. The predicted octanol–water partition coefficient (Wildman–Crippen LogP) is 6.63. The summed E-state index contributed by atoms with van der Waals surface area (Å²) in [5.41, 5.74) is 5.41. The molecule has 2 unspecified atom stereocenters. The van der Waals surface area contributed by atoms with E-state index < -0.39 is 0 Å². The number of aryl methyl sites for hydroxylation is 1. The average Bonchev–Trinajstić information content (AvgIpc) is 3.83. The van der Waals surface area contributed by atoms with Gasteiger partial charge in [0, 0.05) is 39.7 Å². The molecule has 2 atom stereocenters. The van der Waals surface area contributed by atoms with Gasteiger partial charge in [-0.1, -0.05) is 90.5 Å². The first-order valence-corrected chi connectivity index (χ1v) is 17.5. The van der Waals surface area contributed by atoms with E-state index in [1.807, 2.05) is 4.90 Å². The molecule has 0 saturated carbocycles. The van der Waals surface area contributed by atoms with E-state index in [0.29, 0.717) is 18.5 Å². The minimum absolute atomic E-state index is 0. The first kappa shape index (κ1) is 31.8. The number of rotatable bonds is 6. The normalized spacial score (nSPS) is 23.4. The molecule has 6 heteroatoms. The Hall–Kier alpha value is -3.19. The second kappa shape index (κ2) is 15.9. The van der Waals surface area contributed by atoms with Crippen LogP contribution in [0, 0.1) is 6.92 Å². The molecule has 4 saturated heterocycles. The fourth-order valence-electron chi connectivity index (χ4n) is 7.82. The Morgan fingerprint density at radius 2 is 1.27 bits per heavy atom. The smallest absolute Gasteiger partial charge is 0.317 e. The number of nitrogens with one attached hydrogen (secondary N) is 2. The van der Waals surface area contributed by atoms with E-state index in [0.717, 1.165) is 50.1 Å². The van der Waals surface area contributed by atoms with Crippen molar-refractivity contribution in [1.82, 2.24) is 25.3 Å². The lowest BCUT2D eigenvalue weighted by Crippen LogP contribution is -2.44. The summed E-state index contributed by atoms with van der Waals surface area (Å²) >= 11 is 0. The van der Waals surface area contributed by atoms with Crippen molar-refractivity contribution in [1.29, 1.82) is 0 Å². The lowest BCUT2D eigenvalue weighted by atomic mass is 9.89. The summed E-state index contributed by atoms with van der Waals surface area (Å²) in [6.45, 7) is 11.7. The van der Waals surface area contributed by atoms with Gasteiger partial charge >= 0.3 is 6.03 Å². The average molecular weight is 611 g/mol. The molecule has 3 aromatic carbocycles. The minimum Gasteiger partial charge on any atom is -0.334 e. The molecule has 242 valence electrons. The summed E-state index contributed by atoms with van der Waals surface area (Å²) in [7, 11) is 0. The van der Waals surface area contributed by atoms with Gasteiger partial charge in [-0.25, -0.2) is 4.79 Å². The molecule has 2 N–H and O–H groups in total. The molecule has 4 aliphatic heterocycles. The zero-order chi connectivity index (χ0) is 30.8. The second-order valence-electron chi connectivity index (χ2n) is 13.6. The molecular formula is C39H55N5O. The Morgan fingerprint density at radius 3 is 1.80 bits per heavy atom. The molecule has 0 bridgehead atoms. The van der Waals surface area contributed by atoms with E-state index in [4.69, 9.17) is 0 Å². The van der Waals surface area contributed by atoms with Crippen LogP contribution in [-0.4, -0.2) is 85.2 Å². The van der Waals surface area contributed by atoms with E-state index in [9.17, 15) is 4.79 Å². The zero-order valence-corrected chi connectivity index (χ0v) is 27.2. The first-order valence-electron chi connectivity index (χ1n) is 17.5. The molecule has 0 spiro atoms. The van der Waals surface area contributed by atoms with E-state index >= 15 is 0 Å². The number of carbonyl (C=O) groups excluding carboxylic acids is 1. The summed E-state index contributed by atoms with van der Waals surface area (Å²) in [6.07, 6.45) is 7.55. The van der Waals surface area contributed by atoms with Gasteiger partial charge in [-0.15, -0.1) is 0 Å². The maximum atomic E-state index is 12.5. The number of benzene rings is 3. The molecule has 45 heavy (non-hydrogen) atoms. The maximum Gasteiger partial charge on any atom is 0.317 e. The van der Waals surface area contributed by atoms with Crippen LogP contribution in [0.2, 0.25) is 0 Å². The van der Waals surface area contributed by atoms with E-state index in [1.54, 1.807) is 0 Å². The van der Waals surface area contributed by atoms with Crippen LogP contribution >= 0.6 is 0 Å². The third-order valence-corrected chi connectivity index (χ3v) is 10.7. The molecule has 4 heterocycles. The highest BCUT2D eigenvalue weighted by Gasteiger charge is 2.33. The molecule has 0 radical (unpaired) electrons. The highest BCUT2D eigenvalue weighted by atomic mass is 16.2. The largest absolute Gasteiger partial charge is 0.334 e. The van der Waals surface area contributed by atoms with Crippen molar-refractivity contribution < 1.29 is 6.22 Å². The molecular weight excluding hydrogens is 554 g/mol. The van der Waals surface area contributed by atoms with Crippen molar-refractivity contribution in [3.05, 3.63) is 107 Å². The fraction of sp³-hybridized carbons (Fsp3) is 0.513. The topological polar surface area (TPSA) is 50.9 Å². The molecule has 3 aromatic rings. The summed E-state index contributed by atoms with van der Waals surface area (Å²) in [4.78, 5) is 19.8. The highest BCUT2D eigenvalue weighted by Crippen LogP contribution is 2.31. The van der Waals surface area contributed by atoms with Gasteiger partial charge in [0.05, 0.1) is 0 Å². The van der Waals surface area contributed by atoms with Gasteiger partial charge in [-0.05, 0) is 107 Å². The standard InChI is InChI=1S/C24H31N3O.C15H22N2.H2/c1-19-7-9-20(10-8-19)17-25-24(28)27-16-13-23(18-27)26-14-11-22(12-15-26)21-5-3-2-4-6-21;1-2-4-13(5-3-1)14-7-10-17(11-8-14)15-6-9-16-12-15;/h2-10,22-23H,11-18H2,1H3,(H,25,28);1-5,14-16H,6-12H2;1H/i;;1+1. The van der Waals surface area contributed by atoms with Crippen molar-refractivity contribution in [2.75, 3.05) is 52.4 Å². The van der Waals surface area contributed by atoms with Gasteiger partial charge in [0.1, 0.15) is 0 Å². The Morgan fingerprint density at radius 1 is 0.711 bits per heavy atom. The molecule has 4 fully saturated rings. The lowest BCUT2D eigenvalue weighted by Gasteiger charge is -2.36. The molecule has 2 amide bonds. The number of piperidine rings is 2. The third-order valence-electron chi connectivity index (χ3n) is 10.7. The van der Waals surface area contributed by atoms with E-state index in [2.05, 4.69) is 112 Å². The number of likely N-dealkylation sites (tertiary alicyclic amines) is 3. The van der Waals surface area contributed by atoms with Crippen LogP contribution in [0.1, 0.15) is 74.0 Å². The second-order valence-corrected chi connectivity index (χ2v) is 13.6. The Labute approximate surface area is 272 Å². The van der Waals surface area contributed by atoms with E-state index in [-0.39, 0.29) is 7.46 Å². The van der Waals surface area contributed by atoms with Gasteiger partial charge in [-0.2, -0.15) is 0 Å². The Balaban J connectivity index is 0.000000198. The maximum absolute atomic E-state index is 12.5.